The Balaban J connectivity index is 3.08. The predicted molar refractivity (Wildman–Crippen MR) is 75.4 cm³/mol. The van der Waals surface area contributed by atoms with Gasteiger partial charge in [0.05, 0.1) is 7.11 Å². The van der Waals surface area contributed by atoms with Crippen molar-refractivity contribution in [2.24, 2.45) is 11.3 Å². The fraction of sp³-hybridized carbons (Fsp3) is 0.571. The van der Waals surface area contributed by atoms with Gasteiger partial charge in [-0.15, -0.1) is 23.2 Å². The highest BCUT2D eigenvalue weighted by Crippen LogP contribution is 2.36. The molecule has 4 heteroatoms. The van der Waals surface area contributed by atoms with Crippen LogP contribution >= 0.6 is 23.2 Å². The molecule has 0 aliphatic rings. The molecule has 0 spiro atoms. The van der Waals surface area contributed by atoms with Gasteiger partial charge in [-0.1, -0.05) is 26.0 Å². The maximum absolute atomic E-state index is 14.1. The Bertz CT molecular complexity index is 389. The summed E-state index contributed by atoms with van der Waals surface area (Å²) in [4.78, 5) is 0. The Labute approximate surface area is 118 Å². The maximum atomic E-state index is 14.1. The van der Waals surface area contributed by atoms with Crippen molar-refractivity contribution in [3.05, 3.63) is 29.6 Å². The van der Waals surface area contributed by atoms with Crippen LogP contribution in [0.2, 0.25) is 0 Å². The number of halogens is 3. The van der Waals surface area contributed by atoms with E-state index in [2.05, 4.69) is 13.8 Å². The molecule has 0 atom stereocenters. The molecule has 0 aliphatic heterocycles. The molecule has 1 nitrogen and oxygen atoms in total. The van der Waals surface area contributed by atoms with Gasteiger partial charge in [-0.05, 0) is 24.0 Å². The van der Waals surface area contributed by atoms with Gasteiger partial charge in [-0.3, -0.25) is 0 Å². The van der Waals surface area contributed by atoms with Crippen LogP contribution in [0.4, 0.5) is 4.39 Å². The van der Waals surface area contributed by atoms with Crippen LogP contribution in [0.25, 0.3) is 0 Å². The van der Waals surface area contributed by atoms with Crippen LogP contribution in [-0.2, 0) is 6.42 Å². The lowest BCUT2D eigenvalue weighted by Gasteiger charge is -2.34. The van der Waals surface area contributed by atoms with E-state index >= 15 is 0 Å². The van der Waals surface area contributed by atoms with E-state index in [1.807, 2.05) is 0 Å². The molecular formula is C14H19Cl2FO. The zero-order chi connectivity index (χ0) is 13.8. The van der Waals surface area contributed by atoms with Gasteiger partial charge in [0.25, 0.3) is 0 Å². The van der Waals surface area contributed by atoms with Gasteiger partial charge in [0, 0.05) is 17.2 Å². The molecule has 0 bridgehead atoms. The van der Waals surface area contributed by atoms with Gasteiger partial charge in [0.15, 0.2) is 11.6 Å². The standard InChI is InChI=1S/C14H19Cl2FO/c1-10(2)14(8-15,9-16)7-11-5-4-6-12(18-3)13(11)17/h4-6,10H,7-9H2,1-3H3. The van der Waals surface area contributed by atoms with Crippen molar-refractivity contribution in [1.82, 2.24) is 0 Å². The monoisotopic (exact) mass is 292 g/mol. The Morgan fingerprint density at radius 3 is 2.33 bits per heavy atom. The minimum Gasteiger partial charge on any atom is -0.494 e. The fourth-order valence-electron chi connectivity index (χ4n) is 1.87. The van der Waals surface area contributed by atoms with Gasteiger partial charge >= 0.3 is 0 Å². The molecule has 0 N–H and O–H groups in total. The molecule has 1 rings (SSSR count). The third-order valence-corrected chi connectivity index (χ3v) is 4.63. The summed E-state index contributed by atoms with van der Waals surface area (Å²) in [6.45, 7) is 4.12. The van der Waals surface area contributed by atoms with E-state index in [9.17, 15) is 4.39 Å². The summed E-state index contributed by atoms with van der Waals surface area (Å²) in [6.07, 6.45) is 0.515. The average Bonchev–Trinajstić information content (AvgIpc) is 2.37. The van der Waals surface area contributed by atoms with E-state index < -0.39 is 0 Å². The van der Waals surface area contributed by atoms with Crippen molar-refractivity contribution < 1.29 is 9.13 Å². The molecule has 0 aliphatic carbocycles. The Kier molecular flexibility index (Phi) is 5.74. The molecular weight excluding hydrogens is 274 g/mol. The van der Waals surface area contributed by atoms with Crippen molar-refractivity contribution in [2.75, 3.05) is 18.9 Å². The highest BCUT2D eigenvalue weighted by Gasteiger charge is 2.33. The first-order valence-corrected chi connectivity index (χ1v) is 7.01. The SMILES string of the molecule is COc1cccc(CC(CCl)(CCl)C(C)C)c1F. The number of hydrogen-bond acceptors (Lipinski definition) is 1. The molecule has 1 aromatic rings. The third-order valence-electron chi connectivity index (χ3n) is 3.56. The van der Waals surface area contributed by atoms with E-state index in [0.717, 1.165) is 0 Å². The zero-order valence-corrected chi connectivity index (χ0v) is 12.5. The number of methoxy groups -OCH3 is 1. The largest absolute Gasteiger partial charge is 0.494 e. The Morgan fingerprint density at radius 1 is 1.28 bits per heavy atom. The van der Waals surface area contributed by atoms with Gasteiger partial charge in [-0.2, -0.15) is 0 Å². The van der Waals surface area contributed by atoms with Gasteiger partial charge < -0.3 is 4.74 Å². The highest BCUT2D eigenvalue weighted by molar-refractivity contribution is 6.21. The molecule has 0 fully saturated rings. The minimum atomic E-state index is -0.319. The van der Waals surface area contributed by atoms with E-state index in [4.69, 9.17) is 27.9 Å². The van der Waals surface area contributed by atoms with Crippen LogP contribution in [-0.4, -0.2) is 18.9 Å². The maximum Gasteiger partial charge on any atom is 0.168 e. The van der Waals surface area contributed by atoms with Crippen LogP contribution in [0.15, 0.2) is 18.2 Å². The lowest BCUT2D eigenvalue weighted by Crippen LogP contribution is -2.34. The predicted octanol–water partition coefficient (Wildman–Crippen LogP) is 4.50. The number of benzene rings is 1. The molecule has 0 saturated heterocycles. The minimum absolute atomic E-state index is 0.259. The summed E-state index contributed by atoms with van der Waals surface area (Å²) in [5.41, 5.74) is 0.306. The van der Waals surface area contributed by atoms with Crippen molar-refractivity contribution in [1.29, 1.82) is 0 Å². The summed E-state index contributed by atoms with van der Waals surface area (Å²) >= 11 is 12.1. The molecule has 1 aromatic carbocycles. The summed E-state index contributed by atoms with van der Waals surface area (Å²) in [5.74, 6) is 1.03. The molecule has 0 unspecified atom stereocenters. The summed E-state index contributed by atoms with van der Waals surface area (Å²) < 4.78 is 19.1. The van der Waals surface area contributed by atoms with E-state index in [1.54, 1.807) is 18.2 Å². The number of hydrogen-bond donors (Lipinski definition) is 0. The molecule has 0 heterocycles. The molecule has 0 radical (unpaired) electrons. The first-order valence-electron chi connectivity index (χ1n) is 5.94. The third kappa shape index (κ3) is 3.10. The number of rotatable bonds is 6. The van der Waals surface area contributed by atoms with E-state index in [1.165, 1.54) is 7.11 Å². The number of alkyl halides is 2. The van der Waals surface area contributed by atoms with E-state index in [0.29, 0.717) is 23.7 Å². The zero-order valence-electron chi connectivity index (χ0n) is 11.0. The van der Waals surface area contributed by atoms with Crippen molar-refractivity contribution in [3.8, 4) is 5.75 Å². The molecule has 0 amide bonds. The Morgan fingerprint density at radius 2 is 1.89 bits per heavy atom. The van der Waals surface area contributed by atoms with Crippen LogP contribution in [0, 0.1) is 17.2 Å². The first kappa shape index (κ1) is 15.6. The smallest absolute Gasteiger partial charge is 0.168 e. The van der Waals surface area contributed by atoms with Crippen LogP contribution in [0.3, 0.4) is 0 Å². The second-order valence-corrected chi connectivity index (χ2v) is 5.43. The van der Waals surface area contributed by atoms with E-state index in [-0.39, 0.29) is 22.9 Å². The van der Waals surface area contributed by atoms with Gasteiger partial charge in [-0.25, -0.2) is 4.39 Å². The Hall–Kier alpha value is -0.470. The fourth-order valence-corrected chi connectivity index (χ4v) is 2.96. The van der Waals surface area contributed by atoms with Crippen LogP contribution in [0.1, 0.15) is 19.4 Å². The second-order valence-electron chi connectivity index (χ2n) is 4.89. The normalized spacial score (nSPS) is 11.9. The lowest BCUT2D eigenvalue weighted by molar-refractivity contribution is 0.254. The lowest BCUT2D eigenvalue weighted by atomic mass is 9.75. The van der Waals surface area contributed by atoms with Crippen molar-refractivity contribution in [3.63, 3.8) is 0 Å². The molecule has 0 saturated carbocycles. The van der Waals surface area contributed by atoms with Gasteiger partial charge in [0.1, 0.15) is 0 Å². The molecule has 18 heavy (non-hydrogen) atoms. The first-order chi connectivity index (χ1) is 8.50. The topological polar surface area (TPSA) is 9.23 Å². The summed E-state index contributed by atoms with van der Waals surface area (Å²) in [5, 5.41) is 0. The van der Waals surface area contributed by atoms with Crippen molar-refractivity contribution >= 4 is 23.2 Å². The second kappa shape index (κ2) is 6.63. The quantitative estimate of drug-likeness (QED) is 0.702. The molecule has 102 valence electrons. The number of ether oxygens (including phenoxy) is 1. The van der Waals surface area contributed by atoms with Crippen LogP contribution in [0.5, 0.6) is 5.75 Å². The highest BCUT2D eigenvalue weighted by atomic mass is 35.5. The average molecular weight is 293 g/mol. The summed E-state index contributed by atoms with van der Waals surface area (Å²) in [7, 11) is 1.46. The van der Waals surface area contributed by atoms with Crippen LogP contribution < -0.4 is 4.74 Å². The summed E-state index contributed by atoms with van der Waals surface area (Å²) in [6, 6.07) is 5.15. The van der Waals surface area contributed by atoms with Gasteiger partial charge in [0.2, 0.25) is 0 Å². The van der Waals surface area contributed by atoms with Crippen molar-refractivity contribution in [2.45, 2.75) is 20.3 Å². The molecule has 0 aromatic heterocycles.